The quantitative estimate of drug-likeness (QED) is 0.0365. The molecule has 0 spiro atoms. The molecule has 0 saturated carbocycles. The van der Waals surface area contributed by atoms with E-state index in [2.05, 4.69) is 13.8 Å². The second-order valence-corrected chi connectivity index (χ2v) is 15.9. The second kappa shape index (κ2) is 31.4. The Hall–Kier alpha value is -1.50. The van der Waals surface area contributed by atoms with E-state index in [0.29, 0.717) is 12.8 Å². The Morgan fingerprint density at radius 2 is 0.895 bits per heavy atom. The van der Waals surface area contributed by atoms with Crippen LogP contribution in [-0.4, -0.2) is 142 Å². The maximum Gasteiger partial charge on any atom is 0.306 e. The molecule has 0 amide bonds. The molecule has 0 aromatic rings. The van der Waals surface area contributed by atoms with Crippen LogP contribution in [0.25, 0.3) is 0 Å². The smallest absolute Gasteiger partial charge is 0.306 e. The highest BCUT2D eigenvalue weighted by molar-refractivity contribution is 5.70. The van der Waals surface area contributed by atoms with Crippen molar-refractivity contribution < 1.29 is 73.8 Å². The number of hydrogen-bond donors (Lipinski definition) is 7. The Bertz CT molecular complexity index is 1020. The number of carbonyl (C=O) groups is 2. The topological polar surface area (TPSA) is 231 Å². The average Bonchev–Trinajstić information content (AvgIpc) is 3.20. The predicted octanol–water partition coefficient (Wildman–Crippen LogP) is 4.09. The third-order valence-corrected chi connectivity index (χ3v) is 10.8. The fraction of sp³-hybridized carbons (Fsp3) is 0.952. The molecule has 336 valence electrons. The first-order chi connectivity index (χ1) is 27.5. The Labute approximate surface area is 340 Å². The van der Waals surface area contributed by atoms with E-state index in [9.17, 15) is 45.3 Å². The molecule has 11 unspecified atom stereocenters. The molecule has 11 atom stereocenters. The van der Waals surface area contributed by atoms with Gasteiger partial charge in [-0.1, -0.05) is 136 Å². The van der Waals surface area contributed by atoms with Gasteiger partial charge in [-0.25, -0.2) is 0 Å². The summed E-state index contributed by atoms with van der Waals surface area (Å²) in [4.78, 5) is 25.5. The number of aliphatic hydroxyl groups excluding tert-OH is 7. The van der Waals surface area contributed by atoms with E-state index in [1.54, 1.807) is 0 Å². The molecule has 2 aliphatic heterocycles. The molecule has 2 rings (SSSR count). The first-order valence-corrected chi connectivity index (χ1v) is 22.1. The van der Waals surface area contributed by atoms with E-state index in [4.69, 9.17) is 28.4 Å². The molecular weight excluding hydrogens is 744 g/mol. The molecule has 2 fully saturated rings. The van der Waals surface area contributed by atoms with Crippen LogP contribution in [0.5, 0.6) is 0 Å². The van der Waals surface area contributed by atoms with Crippen molar-refractivity contribution in [3.05, 3.63) is 0 Å². The molecule has 15 heteroatoms. The van der Waals surface area contributed by atoms with Crippen LogP contribution >= 0.6 is 0 Å². The maximum atomic E-state index is 12.9. The number of hydrogen-bond acceptors (Lipinski definition) is 15. The van der Waals surface area contributed by atoms with Crippen molar-refractivity contribution in [1.29, 1.82) is 0 Å². The normalized spacial score (nSPS) is 28.3. The van der Waals surface area contributed by atoms with Crippen LogP contribution in [0.3, 0.4) is 0 Å². The van der Waals surface area contributed by atoms with Gasteiger partial charge in [-0.3, -0.25) is 9.59 Å². The summed E-state index contributed by atoms with van der Waals surface area (Å²) in [5.74, 6) is -0.923. The summed E-state index contributed by atoms with van der Waals surface area (Å²) in [6, 6.07) is 0. The Morgan fingerprint density at radius 1 is 0.491 bits per heavy atom. The van der Waals surface area contributed by atoms with E-state index in [1.165, 1.54) is 83.5 Å². The van der Waals surface area contributed by atoms with E-state index < -0.39 is 92.7 Å². The highest BCUT2D eigenvalue weighted by Crippen LogP contribution is 2.26. The van der Waals surface area contributed by atoms with Crippen LogP contribution in [0.1, 0.15) is 162 Å². The first-order valence-electron chi connectivity index (χ1n) is 22.1. The fourth-order valence-corrected chi connectivity index (χ4v) is 7.10. The molecule has 0 aromatic carbocycles. The van der Waals surface area contributed by atoms with Gasteiger partial charge in [0.25, 0.3) is 0 Å². The minimum absolute atomic E-state index is 0.172. The Kier molecular flexibility index (Phi) is 28.4. The van der Waals surface area contributed by atoms with Gasteiger partial charge >= 0.3 is 11.9 Å². The average molecular weight is 823 g/mol. The van der Waals surface area contributed by atoms with Gasteiger partial charge in [0.1, 0.15) is 55.4 Å². The molecule has 0 aliphatic carbocycles. The van der Waals surface area contributed by atoms with Crippen molar-refractivity contribution in [3.8, 4) is 0 Å². The van der Waals surface area contributed by atoms with Gasteiger partial charge < -0.3 is 64.2 Å². The number of esters is 2. The van der Waals surface area contributed by atoms with Crippen molar-refractivity contribution >= 4 is 11.9 Å². The van der Waals surface area contributed by atoms with Crippen molar-refractivity contribution in [2.75, 3.05) is 26.4 Å². The summed E-state index contributed by atoms with van der Waals surface area (Å²) in [6.07, 6.45) is 7.38. The molecule has 0 radical (unpaired) electrons. The Morgan fingerprint density at radius 3 is 1.37 bits per heavy atom. The lowest BCUT2D eigenvalue weighted by molar-refractivity contribution is -0.332. The van der Waals surface area contributed by atoms with Gasteiger partial charge in [-0.2, -0.15) is 0 Å². The van der Waals surface area contributed by atoms with Crippen LogP contribution in [0.2, 0.25) is 0 Å². The maximum absolute atomic E-state index is 12.9. The summed E-state index contributed by atoms with van der Waals surface area (Å²) < 4.78 is 33.4. The van der Waals surface area contributed by atoms with Crippen molar-refractivity contribution in [2.45, 2.75) is 229 Å². The van der Waals surface area contributed by atoms with Gasteiger partial charge in [0, 0.05) is 12.8 Å². The Balaban J connectivity index is 1.86. The highest BCUT2D eigenvalue weighted by atomic mass is 16.7. The van der Waals surface area contributed by atoms with Gasteiger partial charge in [-0.15, -0.1) is 0 Å². The number of aliphatic hydroxyl groups is 7. The summed E-state index contributed by atoms with van der Waals surface area (Å²) in [5, 5.41) is 71.7. The number of carbonyl (C=O) groups excluding carboxylic acids is 2. The van der Waals surface area contributed by atoms with E-state index >= 15 is 0 Å². The molecule has 2 saturated heterocycles. The largest absolute Gasteiger partial charge is 0.462 e. The monoisotopic (exact) mass is 823 g/mol. The molecule has 0 aromatic heterocycles. The first kappa shape index (κ1) is 51.6. The van der Waals surface area contributed by atoms with Gasteiger partial charge in [0.2, 0.25) is 0 Å². The van der Waals surface area contributed by atoms with Crippen LogP contribution in [0, 0.1) is 0 Å². The fourth-order valence-electron chi connectivity index (χ4n) is 7.10. The molecule has 2 heterocycles. The van der Waals surface area contributed by atoms with Crippen molar-refractivity contribution in [2.24, 2.45) is 0 Å². The summed E-state index contributed by atoms with van der Waals surface area (Å²) >= 11 is 0. The minimum Gasteiger partial charge on any atom is -0.462 e. The molecule has 2 aliphatic rings. The SMILES string of the molecule is CCCCCCCCCCCCCCCC(=O)OC(COC(=O)CCCCCCCCCC)COC1OC(COC2OC(CO)C(O)C(O)C2O)C(O)C(O)C1O. The molecular formula is C42H78O15. The number of ether oxygens (including phenoxy) is 6. The highest BCUT2D eigenvalue weighted by Gasteiger charge is 2.47. The zero-order chi connectivity index (χ0) is 41.8. The van der Waals surface area contributed by atoms with Crippen LogP contribution < -0.4 is 0 Å². The standard InChI is InChI=1S/C42H78O15/c1-3-5-7-9-11-13-14-15-16-17-19-21-23-25-34(45)55-30(27-52-33(44)24-22-20-18-12-10-8-6-4-2)28-53-41-40(51)38(49)36(47)32(57-41)29-54-42-39(50)37(48)35(46)31(26-43)56-42/h30-32,35-43,46-51H,3-29H2,1-2H3. The second-order valence-electron chi connectivity index (χ2n) is 15.9. The third-order valence-electron chi connectivity index (χ3n) is 10.8. The molecule has 15 nitrogen and oxygen atoms in total. The lowest BCUT2D eigenvalue weighted by atomic mass is 9.98. The van der Waals surface area contributed by atoms with E-state index in [-0.39, 0.29) is 26.1 Å². The van der Waals surface area contributed by atoms with Crippen LogP contribution in [0.15, 0.2) is 0 Å². The molecule has 0 bridgehead atoms. The van der Waals surface area contributed by atoms with Crippen molar-refractivity contribution in [3.63, 3.8) is 0 Å². The summed E-state index contributed by atoms with van der Waals surface area (Å²) in [6.45, 7) is 2.54. The summed E-state index contributed by atoms with van der Waals surface area (Å²) in [5.41, 5.74) is 0. The van der Waals surface area contributed by atoms with Gasteiger partial charge in [0.05, 0.1) is 19.8 Å². The van der Waals surface area contributed by atoms with Gasteiger partial charge in [0.15, 0.2) is 18.7 Å². The van der Waals surface area contributed by atoms with Crippen LogP contribution in [-0.2, 0) is 38.0 Å². The third kappa shape index (κ3) is 21.0. The predicted molar refractivity (Wildman–Crippen MR) is 211 cm³/mol. The zero-order valence-corrected chi connectivity index (χ0v) is 34.8. The molecule has 7 N–H and O–H groups in total. The minimum atomic E-state index is -1.76. The molecule has 57 heavy (non-hydrogen) atoms. The van der Waals surface area contributed by atoms with Crippen molar-refractivity contribution in [1.82, 2.24) is 0 Å². The number of rotatable bonds is 33. The van der Waals surface area contributed by atoms with Crippen LogP contribution in [0.4, 0.5) is 0 Å². The lowest BCUT2D eigenvalue weighted by Gasteiger charge is -2.42. The lowest BCUT2D eigenvalue weighted by Crippen LogP contribution is -2.61. The number of unbranched alkanes of at least 4 members (excludes halogenated alkanes) is 19. The van der Waals surface area contributed by atoms with E-state index in [0.717, 1.165) is 38.5 Å². The summed E-state index contributed by atoms with van der Waals surface area (Å²) in [7, 11) is 0. The van der Waals surface area contributed by atoms with E-state index in [1.807, 2.05) is 0 Å². The zero-order valence-electron chi connectivity index (χ0n) is 34.8. The van der Waals surface area contributed by atoms with Gasteiger partial charge in [-0.05, 0) is 12.8 Å².